The lowest BCUT2D eigenvalue weighted by molar-refractivity contribution is -0.112. The minimum Gasteiger partial charge on any atom is -0.303 e. The number of carbonyl (C=O) groups excluding carboxylic acids is 1. The molecule has 0 aromatic carbocycles. The Labute approximate surface area is 54.8 Å². The maximum Gasteiger partial charge on any atom is 0.124 e. The summed E-state index contributed by atoms with van der Waals surface area (Å²) in [5, 5.41) is 0. The van der Waals surface area contributed by atoms with Crippen LogP contribution in [0.3, 0.4) is 0 Å². The van der Waals surface area contributed by atoms with Gasteiger partial charge in [0.15, 0.2) is 0 Å². The number of aldehydes is 1. The summed E-state index contributed by atoms with van der Waals surface area (Å²) in [6.07, 6.45) is 2.38. The zero-order valence-corrected chi connectivity index (χ0v) is 5.42. The van der Waals surface area contributed by atoms with Crippen molar-refractivity contribution in [3.05, 3.63) is 0 Å². The fourth-order valence-corrected chi connectivity index (χ4v) is 1.98. The van der Waals surface area contributed by atoms with Crippen LogP contribution in [0.25, 0.3) is 0 Å². The molecule has 2 saturated heterocycles. The smallest absolute Gasteiger partial charge is 0.124 e. The van der Waals surface area contributed by atoms with E-state index in [2.05, 4.69) is 4.90 Å². The highest BCUT2D eigenvalue weighted by Crippen LogP contribution is 2.31. The van der Waals surface area contributed by atoms with Gasteiger partial charge in [-0.3, -0.25) is 0 Å². The molecule has 2 bridgehead atoms. The first-order chi connectivity index (χ1) is 4.40. The summed E-state index contributed by atoms with van der Waals surface area (Å²) in [6, 6.07) is 0. The second kappa shape index (κ2) is 1.81. The van der Waals surface area contributed by atoms with E-state index in [1.165, 1.54) is 19.5 Å². The van der Waals surface area contributed by atoms with Crippen LogP contribution in [0.15, 0.2) is 0 Å². The number of fused-ring (bicyclic) bond motifs is 2. The van der Waals surface area contributed by atoms with Gasteiger partial charge in [0.2, 0.25) is 0 Å². The van der Waals surface area contributed by atoms with Gasteiger partial charge in [-0.25, -0.2) is 0 Å². The van der Waals surface area contributed by atoms with E-state index in [-0.39, 0.29) is 0 Å². The Morgan fingerprint density at radius 1 is 1.44 bits per heavy atom. The summed E-state index contributed by atoms with van der Waals surface area (Å²) in [7, 11) is 0. The lowest BCUT2D eigenvalue weighted by Gasteiger charge is -2.15. The molecule has 2 heterocycles. The van der Waals surface area contributed by atoms with Crippen molar-refractivity contribution >= 4 is 6.29 Å². The van der Waals surface area contributed by atoms with Gasteiger partial charge in [-0.15, -0.1) is 0 Å². The average Bonchev–Trinajstić information content (AvgIpc) is 2.45. The minimum atomic E-state index is 0.374. The summed E-state index contributed by atoms with van der Waals surface area (Å²) in [5.41, 5.74) is 0. The third kappa shape index (κ3) is 0.697. The van der Waals surface area contributed by atoms with Crippen molar-refractivity contribution < 1.29 is 4.79 Å². The Kier molecular flexibility index (Phi) is 1.09. The molecule has 2 nitrogen and oxygen atoms in total. The molecule has 3 atom stereocenters. The van der Waals surface area contributed by atoms with Gasteiger partial charge in [-0.2, -0.15) is 0 Å². The summed E-state index contributed by atoms with van der Waals surface area (Å²) in [4.78, 5) is 12.7. The Hall–Kier alpha value is -0.370. The van der Waals surface area contributed by atoms with Crippen molar-refractivity contribution in [2.24, 2.45) is 11.8 Å². The normalized spacial score (nSPS) is 47.8. The molecule has 0 aromatic rings. The first-order valence-corrected chi connectivity index (χ1v) is 3.58. The van der Waals surface area contributed by atoms with Gasteiger partial charge < -0.3 is 9.69 Å². The molecule has 2 rings (SSSR count). The van der Waals surface area contributed by atoms with Crippen LogP contribution in [0.5, 0.6) is 0 Å². The summed E-state index contributed by atoms with van der Waals surface area (Å²) in [6.45, 7) is 3.45. The van der Waals surface area contributed by atoms with Gasteiger partial charge in [-0.05, 0) is 18.9 Å². The van der Waals surface area contributed by atoms with Gasteiger partial charge in [-0.1, -0.05) is 0 Å². The SMILES string of the molecule is O=C[C@@H]1CN2CC[C@@H]1C2. The van der Waals surface area contributed by atoms with Crippen LogP contribution in [0.2, 0.25) is 0 Å². The van der Waals surface area contributed by atoms with Crippen LogP contribution in [0.1, 0.15) is 6.42 Å². The van der Waals surface area contributed by atoms with Crippen LogP contribution >= 0.6 is 0 Å². The van der Waals surface area contributed by atoms with E-state index in [0.29, 0.717) is 11.8 Å². The molecule has 0 spiro atoms. The van der Waals surface area contributed by atoms with Crippen molar-refractivity contribution in [1.29, 1.82) is 0 Å². The third-order valence-corrected chi connectivity index (χ3v) is 2.56. The molecule has 0 aliphatic carbocycles. The highest BCUT2D eigenvalue weighted by atomic mass is 16.1. The highest BCUT2D eigenvalue weighted by molar-refractivity contribution is 5.55. The van der Waals surface area contributed by atoms with E-state index < -0.39 is 0 Å². The zero-order chi connectivity index (χ0) is 6.27. The van der Waals surface area contributed by atoms with Crippen LogP contribution in [0, 0.1) is 11.8 Å². The van der Waals surface area contributed by atoms with Crippen LogP contribution in [-0.4, -0.2) is 30.8 Å². The number of carbonyl (C=O) groups is 1. The first-order valence-electron chi connectivity index (χ1n) is 3.58. The van der Waals surface area contributed by atoms with Crippen molar-refractivity contribution in [3.63, 3.8) is 0 Å². The lowest BCUT2D eigenvalue weighted by Crippen LogP contribution is -2.23. The minimum absolute atomic E-state index is 0.374. The van der Waals surface area contributed by atoms with Crippen molar-refractivity contribution in [3.8, 4) is 0 Å². The van der Waals surface area contributed by atoms with Crippen LogP contribution in [-0.2, 0) is 4.79 Å². The molecule has 9 heavy (non-hydrogen) atoms. The van der Waals surface area contributed by atoms with E-state index in [1.54, 1.807) is 0 Å². The Morgan fingerprint density at radius 2 is 2.33 bits per heavy atom. The number of piperidine rings is 1. The molecule has 0 radical (unpaired) electrons. The Bertz CT molecular complexity index is 135. The number of hydrogen-bond acceptors (Lipinski definition) is 2. The predicted molar refractivity (Wildman–Crippen MR) is 34.1 cm³/mol. The van der Waals surface area contributed by atoms with Crippen LogP contribution < -0.4 is 0 Å². The van der Waals surface area contributed by atoms with Crippen molar-refractivity contribution in [1.82, 2.24) is 4.90 Å². The highest BCUT2D eigenvalue weighted by Gasteiger charge is 2.37. The van der Waals surface area contributed by atoms with Crippen molar-refractivity contribution in [2.45, 2.75) is 6.42 Å². The maximum atomic E-state index is 10.4. The third-order valence-electron chi connectivity index (χ3n) is 2.56. The Morgan fingerprint density at radius 3 is 2.67 bits per heavy atom. The topological polar surface area (TPSA) is 20.3 Å². The molecular weight excluding hydrogens is 114 g/mol. The molecule has 50 valence electrons. The monoisotopic (exact) mass is 125 g/mol. The summed E-state index contributed by atoms with van der Waals surface area (Å²) in [5.74, 6) is 1.08. The van der Waals surface area contributed by atoms with Gasteiger partial charge >= 0.3 is 0 Å². The lowest BCUT2D eigenvalue weighted by atomic mass is 9.94. The van der Waals surface area contributed by atoms with E-state index >= 15 is 0 Å². The average molecular weight is 125 g/mol. The van der Waals surface area contributed by atoms with E-state index in [0.717, 1.165) is 12.8 Å². The van der Waals surface area contributed by atoms with Crippen molar-refractivity contribution in [2.75, 3.05) is 19.6 Å². The first kappa shape index (κ1) is 5.42. The molecule has 2 aliphatic heterocycles. The van der Waals surface area contributed by atoms with Gasteiger partial charge in [0, 0.05) is 19.0 Å². The second-order valence-electron chi connectivity index (χ2n) is 3.11. The maximum absolute atomic E-state index is 10.4. The molecule has 0 amide bonds. The number of rotatable bonds is 1. The van der Waals surface area contributed by atoms with Gasteiger partial charge in [0.25, 0.3) is 0 Å². The molecule has 0 N–H and O–H groups in total. The summed E-state index contributed by atoms with van der Waals surface area (Å²) >= 11 is 0. The quantitative estimate of drug-likeness (QED) is 0.464. The standard InChI is InChI=1S/C7H11NO/c9-5-7-4-8-2-1-6(7)3-8/h5-7H,1-4H2/t6-,7+/m1/s1. The largest absolute Gasteiger partial charge is 0.303 e. The summed E-state index contributed by atoms with van der Waals surface area (Å²) < 4.78 is 0. The van der Waals surface area contributed by atoms with Gasteiger partial charge in [0.1, 0.15) is 6.29 Å². The molecule has 2 fully saturated rings. The molecule has 0 saturated carbocycles. The van der Waals surface area contributed by atoms with Crippen LogP contribution in [0.4, 0.5) is 0 Å². The van der Waals surface area contributed by atoms with E-state index in [1.807, 2.05) is 0 Å². The fourth-order valence-electron chi connectivity index (χ4n) is 1.98. The number of hydrogen-bond donors (Lipinski definition) is 0. The molecule has 2 aliphatic rings. The second-order valence-corrected chi connectivity index (χ2v) is 3.11. The van der Waals surface area contributed by atoms with Gasteiger partial charge in [0.05, 0.1) is 0 Å². The molecule has 0 aromatic heterocycles. The predicted octanol–water partition coefficient (Wildman–Crippen LogP) is 0.137. The Balaban J connectivity index is 2.09. The number of nitrogens with zero attached hydrogens (tertiary/aromatic N) is 1. The molecular formula is C7H11NO. The van der Waals surface area contributed by atoms with E-state index in [4.69, 9.17) is 0 Å². The fraction of sp³-hybridized carbons (Fsp3) is 0.857. The molecule has 2 heteroatoms. The van der Waals surface area contributed by atoms with E-state index in [9.17, 15) is 4.79 Å². The molecule has 1 unspecified atom stereocenters. The zero-order valence-electron chi connectivity index (χ0n) is 5.42.